The van der Waals surface area contributed by atoms with Crippen molar-refractivity contribution >= 4 is 11.9 Å². The monoisotopic (exact) mass is 302 g/mol. The molecule has 6 nitrogen and oxygen atoms in total. The molecule has 1 aliphatic rings. The number of aromatic nitrogens is 1. The predicted molar refractivity (Wildman–Crippen MR) is 79.0 cm³/mol. The molecular weight excluding hydrogens is 284 g/mol. The molecule has 1 saturated heterocycles. The summed E-state index contributed by atoms with van der Waals surface area (Å²) in [7, 11) is 2.72. The second-order valence-electron chi connectivity index (χ2n) is 4.94. The number of piperidine rings is 1. The Hall–Kier alpha value is -2.39. The first-order valence-corrected chi connectivity index (χ1v) is 7.00. The molecule has 6 heteroatoms. The van der Waals surface area contributed by atoms with E-state index in [1.54, 1.807) is 12.3 Å². The molecule has 2 atom stereocenters. The standard InChI is InChI=1S/C16H18N2O4/c1-21-15(19)12-4-6-13(18-10-12)5-3-11-9-17-8-7-14(11)16(20)22-2/h7-9,12-13,18H,4,6,10H2,1-2H3. The highest BCUT2D eigenvalue weighted by Gasteiger charge is 2.25. The molecule has 1 fully saturated rings. The lowest BCUT2D eigenvalue weighted by atomic mass is 9.95. The fraction of sp³-hybridized carbons (Fsp3) is 0.438. The van der Waals surface area contributed by atoms with Crippen LogP contribution in [0.15, 0.2) is 18.5 Å². The van der Waals surface area contributed by atoms with E-state index in [1.165, 1.54) is 20.4 Å². The number of nitrogens with one attached hydrogen (secondary N) is 1. The highest BCUT2D eigenvalue weighted by Crippen LogP contribution is 2.15. The van der Waals surface area contributed by atoms with E-state index in [0.29, 0.717) is 17.7 Å². The van der Waals surface area contributed by atoms with Gasteiger partial charge in [0.15, 0.2) is 0 Å². The molecule has 0 bridgehead atoms. The number of hydrogen-bond donors (Lipinski definition) is 1. The lowest BCUT2D eigenvalue weighted by Crippen LogP contribution is -2.41. The topological polar surface area (TPSA) is 77.5 Å². The molecule has 0 amide bonds. The predicted octanol–water partition coefficient (Wildman–Crippen LogP) is 0.761. The largest absolute Gasteiger partial charge is 0.469 e. The molecule has 2 rings (SSSR count). The normalized spacial score (nSPS) is 20.5. The van der Waals surface area contributed by atoms with Crippen LogP contribution in [-0.4, -0.2) is 43.7 Å². The second-order valence-corrected chi connectivity index (χ2v) is 4.94. The van der Waals surface area contributed by atoms with Crippen LogP contribution >= 0.6 is 0 Å². The number of methoxy groups -OCH3 is 2. The Bertz CT molecular complexity index is 610. The molecule has 1 N–H and O–H groups in total. The van der Waals surface area contributed by atoms with Crippen LogP contribution in [0.1, 0.15) is 28.8 Å². The Kier molecular flexibility index (Phi) is 5.50. The lowest BCUT2D eigenvalue weighted by Gasteiger charge is -2.25. The molecule has 1 aliphatic heterocycles. The number of carbonyl (C=O) groups is 2. The van der Waals surface area contributed by atoms with Crippen LogP contribution in [0.25, 0.3) is 0 Å². The summed E-state index contributed by atoms with van der Waals surface area (Å²) in [6.07, 6.45) is 4.55. The Morgan fingerprint density at radius 3 is 2.77 bits per heavy atom. The first-order chi connectivity index (χ1) is 10.7. The summed E-state index contributed by atoms with van der Waals surface area (Å²) in [6, 6.07) is 1.56. The molecular formula is C16H18N2O4. The van der Waals surface area contributed by atoms with Gasteiger partial charge in [-0.2, -0.15) is 0 Å². The molecule has 1 aromatic rings. The van der Waals surface area contributed by atoms with Crippen molar-refractivity contribution in [1.82, 2.24) is 10.3 Å². The molecule has 1 aromatic heterocycles. The summed E-state index contributed by atoms with van der Waals surface area (Å²) in [5.41, 5.74) is 0.930. The molecule has 0 radical (unpaired) electrons. The fourth-order valence-corrected chi connectivity index (χ4v) is 2.29. The third-order valence-electron chi connectivity index (χ3n) is 3.56. The van der Waals surface area contributed by atoms with E-state index in [1.807, 2.05) is 0 Å². The quantitative estimate of drug-likeness (QED) is 0.642. The Balaban J connectivity index is 2.03. The minimum atomic E-state index is -0.436. The van der Waals surface area contributed by atoms with Crippen LogP contribution in [0.2, 0.25) is 0 Å². The summed E-state index contributed by atoms with van der Waals surface area (Å²) in [4.78, 5) is 27.1. The number of nitrogens with zero attached hydrogens (tertiary/aromatic N) is 1. The van der Waals surface area contributed by atoms with Gasteiger partial charge in [-0.1, -0.05) is 11.8 Å². The summed E-state index contributed by atoms with van der Waals surface area (Å²) in [6.45, 7) is 0.545. The number of ether oxygens (including phenoxy) is 2. The van der Waals surface area contributed by atoms with Crippen LogP contribution < -0.4 is 5.32 Å². The van der Waals surface area contributed by atoms with Crippen LogP contribution in [0.5, 0.6) is 0 Å². The van der Waals surface area contributed by atoms with Crippen LogP contribution in [0.4, 0.5) is 0 Å². The summed E-state index contributed by atoms with van der Waals surface area (Å²) < 4.78 is 9.45. The summed E-state index contributed by atoms with van der Waals surface area (Å²) >= 11 is 0. The molecule has 0 aliphatic carbocycles. The van der Waals surface area contributed by atoms with Gasteiger partial charge in [-0.05, 0) is 18.9 Å². The Labute approximate surface area is 129 Å². The van der Waals surface area contributed by atoms with Crippen molar-refractivity contribution < 1.29 is 19.1 Å². The molecule has 22 heavy (non-hydrogen) atoms. The van der Waals surface area contributed by atoms with E-state index in [0.717, 1.165) is 12.8 Å². The van der Waals surface area contributed by atoms with Crippen molar-refractivity contribution in [3.63, 3.8) is 0 Å². The van der Waals surface area contributed by atoms with Crippen LogP contribution in [-0.2, 0) is 14.3 Å². The molecule has 116 valence electrons. The van der Waals surface area contributed by atoms with Crippen molar-refractivity contribution in [2.24, 2.45) is 5.92 Å². The van der Waals surface area contributed by atoms with Gasteiger partial charge in [0.05, 0.1) is 37.3 Å². The van der Waals surface area contributed by atoms with E-state index in [9.17, 15) is 9.59 Å². The van der Waals surface area contributed by atoms with Gasteiger partial charge in [0, 0.05) is 18.9 Å². The highest BCUT2D eigenvalue weighted by atomic mass is 16.5. The maximum atomic E-state index is 11.7. The second kappa shape index (κ2) is 7.57. The number of esters is 2. The Morgan fingerprint density at radius 1 is 1.32 bits per heavy atom. The third kappa shape index (κ3) is 3.83. The summed E-state index contributed by atoms with van der Waals surface area (Å²) in [5.74, 6) is 5.29. The maximum Gasteiger partial charge on any atom is 0.339 e. The van der Waals surface area contributed by atoms with Crippen LogP contribution in [0.3, 0.4) is 0 Å². The number of rotatable bonds is 2. The van der Waals surface area contributed by atoms with Gasteiger partial charge in [0.2, 0.25) is 0 Å². The van der Waals surface area contributed by atoms with Crippen molar-refractivity contribution in [3.8, 4) is 11.8 Å². The number of pyridine rings is 1. The van der Waals surface area contributed by atoms with E-state index < -0.39 is 5.97 Å². The zero-order valence-corrected chi connectivity index (χ0v) is 12.6. The smallest absolute Gasteiger partial charge is 0.339 e. The van der Waals surface area contributed by atoms with Crippen molar-refractivity contribution in [3.05, 3.63) is 29.6 Å². The molecule has 0 aromatic carbocycles. The molecule has 2 unspecified atom stereocenters. The number of hydrogen-bond acceptors (Lipinski definition) is 6. The van der Waals surface area contributed by atoms with E-state index in [-0.39, 0.29) is 17.9 Å². The Morgan fingerprint density at radius 2 is 2.14 bits per heavy atom. The number of carbonyl (C=O) groups excluding carboxylic acids is 2. The molecule has 0 spiro atoms. The summed E-state index contributed by atoms with van der Waals surface area (Å²) in [5, 5.41) is 3.21. The minimum absolute atomic E-state index is 0.0217. The van der Waals surface area contributed by atoms with Gasteiger partial charge in [-0.3, -0.25) is 9.78 Å². The SMILES string of the molecule is COC(=O)c1ccncc1C#CC1CCC(C(=O)OC)CN1. The van der Waals surface area contributed by atoms with E-state index in [4.69, 9.17) is 9.47 Å². The van der Waals surface area contributed by atoms with E-state index in [2.05, 4.69) is 22.1 Å². The zero-order valence-electron chi connectivity index (χ0n) is 12.6. The first kappa shape index (κ1) is 16.0. The van der Waals surface area contributed by atoms with Crippen LogP contribution in [0, 0.1) is 17.8 Å². The van der Waals surface area contributed by atoms with Gasteiger partial charge in [0.25, 0.3) is 0 Å². The minimum Gasteiger partial charge on any atom is -0.469 e. The van der Waals surface area contributed by atoms with E-state index >= 15 is 0 Å². The van der Waals surface area contributed by atoms with Gasteiger partial charge in [-0.15, -0.1) is 0 Å². The van der Waals surface area contributed by atoms with Gasteiger partial charge >= 0.3 is 11.9 Å². The van der Waals surface area contributed by atoms with Crippen molar-refractivity contribution in [2.45, 2.75) is 18.9 Å². The maximum absolute atomic E-state index is 11.7. The van der Waals surface area contributed by atoms with Crippen molar-refractivity contribution in [1.29, 1.82) is 0 Å². The molecule has 2 heterocycles. The lowest BCUT2D eigenvalue weighted by molar-refractivity contribution is -0.146. The first-order valence-electron chi connectivity index (χ1n) is 7.00. The molecule has 0 saturated carbocycles. The average Bonchev–Trinajstić information content (AvgIpc) is 2.59. The highest BCUT2D eigenvalue weighted by molar-refractivity contribution is 5.92. The van der Waals surface area contributed by atoms with Gasteiger partial charge < -0.3 is 14.8 Å². The van der Waals surface area contributed by atoms with Gasteiger partial charge in [-0.25, -0.2) is 4.79 Å². The zero-order chi connectivity index (χ0) is 15.9. The fourth-order valence-electron chi connectivity index (χ4n) is 2.29. The van der Waals surface area contributed by atoms with Gasteiger partial charge in [0.1, 0.15) is 0 Å². The van der Waals surface area contributed by atoms with Crippen molar-refractivity contribution in [2.75, 3.05) is 20.8 Å². The third-order valence-corrected chi connectivity index (χ3v) is 3.56. The average molecular weight is 302 g/mol.